The predicted molar refractivity (Wildman–Crippen MR) is 99.8 cm³/mol. The molecule has 0 fully saturated rings. The number of nitrogens with one attached hydrogen (secondary N) is 2. The van der Waals surface area contributed by atoms with E-state index in [1.807, 2.05) is 58.2 Å². The summed E-state index contributed by atoms with van der Waals surface area (Å²) < 4.78 is 7.47. The lowest BCUT2D eigenvalue weighted by Crippen LogP contribution is -2.40. The lowest BCUT2D eigenvalue weighted by atomic mass is 10.00. The molecule has 1 heterocycles. The summed E-state index contributed by atoms with van der Waals surface area (Å²) in [6.45, 7) is 8.72. The molecular formula is C19H28N4O2. The number of amides is 2. The van der Waals surface area contributed by atoms with Crippen LogP contribution in [0.3, 0.4) is 0 Å². The lowest BCUT2D eigenvalue weighted by molar-refractivity contribution is 0.00963. The fourth-order valence-corrected chi connectivity index (χ4v) is 2.72. The van der Waals surface area contributed by atoms with E-state index in [1.165, 1.54) is 0 Å². The highest BCUT2D eigenvalue weighted by Crippen LogP contribution is 2.16. The molecule has 0 radical (unpaired) electrons. The second-order valence-electron chi connectivity index (χ2n) is 6.97. The number of rotatable bonds is 7. The minimum Gasteiger partial charge on any atom is -0.379 e. The molecule has 2 amide bonds. The Balaban J connectivity index is 1.86. The summed E-state index contributed by atoms with van der Waals surface area (Å²) in [5.41, 5.74) is 1.66. The summed E-state index contributed by atoms with van der Waals surface area (Å²) in [6.07, 6.45) is 4.49. The zero-order valence-electron chi connectivity index (χ0n) is 15.7. The molecule has 0 aliphatic carbocycles. The van der Waals surface area contributed by atoms with Gasteiger partial charge in [0.15, 0.2) is 0 Å². The highest BCUT2D eigenvalue weighted by atomic mass is 16.5. The van der Waals surface area contributed by atoms with Crippen LogP contribution in [0, 0.1) is 6.92 Å². The van der Waals surface area contributed by atoms with Crippen LogP contribution in [0.2, 0.25) is 0 Å². The summed E-state index contributed by atoms with van der Waals surface area (Å²) in [6, 6.07) is 7.63. The van der Waals surface area contributed by atoms with Gasteiger partial charge in [0.1, 0.15) is 5.82 Å². The largest absolute Gasteiger partial charge is 0.379 e. The monoisotopic (exact) mass is 344 g/mol. The van der Waals surface area contributed by atoms with Crippen LogP contribution in [0.5, 0.6) is 0 Å². The van der Waals surface area contributed by atoms with E-state index >= 15 is 0 Å². The van der Waals surface area contributed by atoms with Crippen LogP contribution in [0.25, 0.3) is 0 Å². The Hall–Kier alpha value is -2.34. The van der Waals surface area contributed by atoms with Gasteiger partial charge in [-0.1, -0.05) is 12.1 Å². The fourth-order valence-electron chi connectivity index (χ4n) is 2.72. The van der Waals surface area contributed by atoms with Crippen molar-refractivity contribution in [2.75, 3.05) is 12.4 Å². The maximum Gasteiger partial charge on any atom is 0.319 e. The van der Waals surface area contributed by atoms with Crippen molar-refractivity contribution in [3.05, 3.63) is 48.0 Å². The third-order valence-electron chi connectivity index (χ3n) is 4.22. The third-order valence-corrected chi connectivity index (χ3v) is 4.22. The molecule has 6 nitrogen and oxygen atoms in total. The van der Waals surface area contributed by atoms with E-state index in [0.29, 0.717) is 0 Å². The van der Waals surface area contributed by atoms with Gasteiger partial charge in [0.2, 0.25) is 0 Å². The molecule has 1 aromatic heterocycles. The van der Waals surface area contributed by atoms with Crippen LogP contribution in [0.1, 0.15) is 38.6 Å². The van der Waals surface area contributed by atoms with Gasteiger partial charge in [-0.15, -0.1) is 0 Å². The molecule has 1 atom stereocenters. The van der Waals surface area contributed by atoms with Crippen molar-refractivity contribution in [2.45, 2.75) is 52.3 Å². The Morgan fingerprint density at radius 2 is 2.00 bits per heavy atom. The Morgan fingerprint density at radius 1 is 1.32 bits per heavy atom. The molecular weight excluding hydrogens is 316 g/mol. The first-order valence-corrected chi connectivity index (χ1v) is 8.48. The van der Waals surface area contributed by atoms with Gasteiger partial charge in [0.25, 0.3) is 0 Å². The van der Waals surface area contributed by atoms with E-state index in [4.69, 9.17) is 4.74 Å². The van der Waals surface area contributed by atoms with Gasteiger partial charge < -0.3 is 19.9 Å². The molecule has 0 aliphatic heterocycles. The predicted octanol–water partition coefficient (Wildman–Crippen LogP) is 3.56. The lowest BCUT2D eigenvalue weighted by Gasteiger charge is -2.27. The number of carbonyl (C=O) groups is 1. The van der Waals surface area contributed by atoms with E-state index in [0.717, 1.165) is 30.0 Å². The van der Waals surface area contributed by atoms with Crippen LogP contribution in [-0.4, -0.2) is 34.3 Å². The molecule has 0 aliphatic rings. The summed E-state index contributed by atoms with van der Waals surface area (Å²) in [5.74, 6) is 0.981. The number of benzene rings is 1. The average molecular weight is 344 g/mol. The number of anilines is 1. The zero-order valence-corrected chi connectivity index (χ0v) is 15.7. The number of methoxy groups -OCH3 is 1. The first kappa shape index (κ1) is 19.0. The van der Waals surface area contributed by atoms with Crippen LogP contribution in [-0.2, 0) is 11.3 Å². The normalized spacial score (nSPS) is 12.7. The van der Waals surface area contributed by atoms with Gasteiger partial charge >= 0.3 is 6.03 Å². The van der Waals surface area contributed by atoms with E-state index in [-0.39, 0.29) is 17.7 Å². The molecule has 6 heteroatoms. The van der Waals surface area contributed by atoms with Crippen molar-refractivity contribution in [1.82, 2.24) is 14.9 Å². The maximum atomic E-state index is 12.1. The number of aryl methyl sites for hydroxylation is 1. The fraction of sp³-hybridized carbons (Fsp3) is 0.474. The van der Waals surface area contributed by atoms with Crippen molar-refractivity contribution < 1.29 is 9.53 Å². The van der Waals surface area contributed by atoms with Gasteiger partial charge in [-0.3, -0.25) is 0 Å². The standard InChI is InChI=1S/C19H28N4O2/c1-14(12-19(3,4)25-5)21-18(24)22-17-8-6-16(7-9-17)13-23-11-10-20-15(23)2/h6-11,14H,12-13H2,1-5H3,(H2,21,22,24)/t14-/m1/s1. The van der Waals surface area contributed by atoms with E-state index in [9.17, 15) is 4.79 Å². The first-order chi connectivity index (χ1) is 11.8. The Bertz CT molecular complexity index is 692. The first-order valence-electron chi connectivity index (χ1n) is 8.48. The summed E-state index contributed by atoms with van der Waals surface area (Å²) in [4.78, 5) is 16.3. The minimum atomic E-state index is -0.264. The summed E-state index contributed by atoms with van der Waals surface area (Å²) >= 11 is 0. The van der Waals surface area contributed by atoms with Crippen molar-refractivity contribution in [3.8, 4) is 0 Å². The highest BCUT2D eigenvalue weighted by molar-refractivity contribution is 5.89. The van der Waals surface area contributed by atoms with Gasteiger partial charge in [-0.25, -0.2) is 9.78 Å². The summed E-state index contributed by atoms with van der Waals surface area (Å²) in [7, 11) is 1.68. The van der Waals surface area contributed by atoms with Gasteiger partial charge in [0.05, 0.1) is 5.60 Å². The number of urea groups is 1. The van der Waals surface area contributed by atoms with Crippen LogP contribution in [0.15, 0.2) is 36.7 Å². The number of imidazole rings is 1. The topological polar surface area (TPSA) is 68.2 Å². The molecule has 136 valence electrons. The molecule has 0 saturated carbocycles. The van der Waals surface area contributed by atoms with Crippen molar-refractivity contribution in [2.24, 2.45) is 0 Å². The SMILES string of the molecule is COC(C)(C)C[C@@H](C)NC(=O)Nc1ccc(Cn2ccnc2C)cc1. The molecule has 0 unspecified atom stereocenters. The number of nitrogens with zero attached hydrogens (tertiary/aromatic N) is 2. The van der Waals surface area contributed by atoms with E-state index in [1.54, 1.807) is 13.3 Å². The van der Waals surface area contributed by atoms with Gasteiger partial charge in [0, 0.05) is 37.8 Å². The highest BCUT2D eigenvalue weighted by Gasteiger charge is 2.21. The van der Waals surface area contributed by atoms with Crippen LogP contribution >= 0.6 is 0 Å². The smallest absolute Gasteiger partial charge is 0.319 e. The maximum absolute atomic E-state index is 12.1. The number of hydrogen-bond donors (Lipinski definition) is 2. The second kappa shape index (κ2) is 8.16. The molecule has 0 bridgehead atoms. The molecule has 2 N–H and O–H groups in total. The number of ether oxygens (including phenoxy) is 1. The Kier molecular flexibility index (Phi) is 6.20. The minimum absolute atomic E-state index is 0.0124. The van der Waals surface area contributed by atoms with Crippen molar-refractivity contribution in [1.29, 1.82) is 0 Å². The van der Waals surface area contributed by atoms with Gasteiger partial charge in [-0.05, 0) is 51.8 Å². The zero-order chi connectivity index (χ0) is 18.4. The third kappa shape index (κ3) is 5.90. The number of hydrogen-bond acceptors (Lipinski definition) is 3. The van der Waals surface area contributed by atoms with E-state index in [2.05, 4.69) is 20.2 Å². The molecule has 0 saturated heterocycles. The molecule has 2 rings (SSSR count). The molecule has 2 aromatic rings. The Morgan fingerprint density at radius 3 is 2.56 bits per heavy atom. The number of aromatic nitrogens is 2. The van der Waals surface area contributed by atoms with Gasteiger partial charge in [-0.2, -0.15) is 0 Å². The Labute approximate surface area is 149 Å². The molecule has 1 aromatic carbocycles. The average Bonchev–Trinajstić information content (AvgIpc) is 2.93. The molecule has 25 heavy (non-hydrogen) atoms. The quantitative estimate of drug-likeness (QED) is 0.807. The van der Waals surface area contributed by atoms with Crippen molar-refractivity contribution in [3.63, 3.8) is 0 Å². The summed E-state index contributed by atoms with van der Waals surface area (Å²) in [5, 5.41) is 5.80. The van der Waals surface area contributed by atoms with Crippen LogP contribution in [0.4, 0.5) is 10.5 Å². The second-order valence-corrected chi connectivity index (χ2v) is 6.97. The van der Waals surface area contributed by atoms with Crippen molar-refractivity contribution >= 4 is 11.7 Å². The molecule has 0 spiro atoms. The van der Waals surface area contributed by atoms with Crippen LogP contribution < -0.4 is 10.6 Å². The van der Waals surface area contributed by atoms with E-state index < -0.39 is 0 Å². The number of carbonyl (C=O) groups excluding carboxylic acids is 1.